The van der Waals surface area contributed by atoms with Crippen LogP contribution in [0.15, 0.2) is 37.0 Å². The van der Waals surface area contributed by atoms with Crippen LogP contribution in [0.1, 0.15) is 20.0 Å². The van der Waals surface area contributed by atoms with Crippen LogP contribution in [0.3, 0.4) is 0 Å². The number of thiophene rings is 1. The molecule has 0 saturated carbocycles. The average Bonchev–Trinajstić information content (AvgIpc) is 2.72. The largest absolute Gasteiger partial charge is 0.478 e. The van der Waals surface area contributed by atoms with E-state index < -0.39 is 5.97 Å². The number of rotatable bonds is 3. The fourth-order valence-electron chi connectivity index (χ4n) is 1.46. The van der Waals surface area contributed by atoms with E-state index in [4.69, 9.17) is 5.11 Å². The van der Waals surface area contributed by atoms with Crippen molar-refractivity contribution in [3.8, 4) is 0 Å². The fourth-order valence-corrected chi connectivity index (χ4v) is 3.86. The number of hydrogen-bond donors (Lipinski definition) is 2. The first-order chi connectivity index (χ1) is 9.40. The summed E-state index contributed by atoms with van der Waals surface area (Å²) in [6, 6.07) is 6.37. The van der Waals surface area contributed by atoms with Gasteiger partial charge in [0.1, 0.15) is 0 Å². The van der Waals surface area contributed by atoms with Crippen LogP contribution >= 0.6 is 59.1 Å². The zero-order valence-electron chi connectivity index (χ0n) is 9.62. The van der Waals surface area contributed by atoms with Crippen LogP contribution in [-0.2, 0) is 0 Å². The third-order valence-electron chi connectivity index (χ3n) is 2.35. The maximum absolute atomic E-state index is 12.2. The van der Waals surface area contributed by atoms with Gasteiger partial charge in [-0.05, 0) is 66.0 Å². The predicted molar refractivity (Wildman–Crippen MR) is 88.8 cm³/mol. The molecule has 0 radical (unpaired) electrons. The minimum absolute atomic E-state index is 0.0300. The molecule has 104 valence electrons. The van der Waals surface area contributed by atoms with Crippen LogP contribution in [0.25, 0.3) is 0 Å². The van der Waals surface area contributed by atoms with Gasteiger partial charge < -0.3 is 10.4 Å². The smallest absolute Gasteiger partial charge is 0.337 e. The van der Waals surface area contributed by atoms with Gasteiger partial charge in [-0.3, -0.25) is 4.79 Å². The van der Waals surface area contributed by atoms with Crippen molar-refractivity contribution < 1.29 is 14.7 Å². The molecule has 0 spiro atoms. The Kier molecular flexibility index (Phi) is 5.00. The van der Waals surface area contributed by atoms with Crippen molar-refractivity contribution in [3.05, 3.63) is 47.4 Å². The van der Waals surface area contributed by atoms with Gasteiger partial charge in [-0.15, -0.1) is 11.3 Å². The minimum atomic E-state index is -1.10. The Morgan fingerprint density at radius 1 is 1.15 bits per heavy atom. The number of carboxylic acid groups (broad SMARTS) is 1. The van der Waals surface area contributed by atoms with Gasteiger partial charge in [-0.2, -0.15) is 0 Å². The number of amides is 1. The second-order valence-electron chi connectivity index (χ2n) is 3.65. The summed E-state index contributed by atoms with van der Waals surface area (Å²) in [4.78, 5) is 23.8. The maximum Gasteiger partial charge on any atom is 0.337 e. The van der Waals surface area contributed by atoms with Gasteiger partial charge in [0.2, 0.25) is 0 Å². The lowest BCUT2D eigenvalue weighted by Gasteiger charge is -2.09. The molecule has 0 bridgehead atoms. The number of carbonyl (C=O) groups is 2. The Morgan fingerprint density at radius 3 is 2.40 bits per heavy atom. The van der Waals surface area contributed by atoms with Crippen LogP contribution in [0, 0.1) is 0 Å². The van der Waals surface area contributed by atoms with Gasteiger partial charge in [0.05, 0.1) is 19.9 Å². The highest BCUT2D eigenvalue weighted by Gasteiger charge is 2.18. The van der Waals surface area contributed by atoms with E-state index in [0.717, 1.165) is 8.26 Å². The first-order valence-corrected chi connectivity index (χ1v) is 8.37. The standard InChI is InChI=1S/C12H6Br3NO3S/c13-6-3-1-2-5(12(18)19)9(6)16-11(17)8-4-7(14)10(15)20-8/h1-4H,(H,16,17)(H,18,19). The SMILES string of the molecule is O=C(Nc1c(Br)cccc1C(=O)O)c1cc(Br)c(Br)s1. The molecule has 0 aliphatic carbocycles. The number of nitrogens with one attached hydrogen (secondary N) is 1. The molecule has 0 atom stereocenters. The van der Waals surface area contributed by atoms with Crippen molar-refractivity contribution in [1.82, 2.24) is 0 Å². The molecule has 2 N–H and O–H groups in total. The van der Waals surface area contributed by atoms with E-state index in [2.05, 4.69) is 53.1 Å². The summed E-state index contributed by atoms with van der Waals surface area (Å²) in [6.07, 6.45) is 0. The van der Waals surface area contributed by atoms with Crippen molar-refractivity contribution in [2.75, 3.05) is 5.32 Å². The van der Waals surface area contributed by atoms with Gasteiger partial charge in [-0.25, -0.2) is 4.79 Å². The summed E-state index contributed by atoms with van der Waals surface area (Å²) in [6.45, 7) is 0. The Bertz CT molecular complexity index is 680. The lowest BCUT2D eigenvalue weighted by atomic mass is 10.2. The topological polar surface area (TPSA) is 66.4 Å². The number of carboxylic acids is 1. The van der Waals surface area contributed by atoms with Crippen LogP contribution in [0.4, 0.5) is 5.69 Å². The van der Waals surface area contributed by atoms with E-state index in [9.17, 15) is 9.59 Å². The molecule has 4 nitrogen and oxygen atoms in total. The monoisotopic (exact) mass is 481 g/mol. The van der Waals surface area contributed by atoms with E-state index in [1.807, 2.05) is 0 Å². The number of benzene rings is 1. The second kappa shape index (κ2) is 6.38. The normalized spacial score (nSPS) is 10.3. The highest BCUT2D eigenvalue weighted by Crippen LogP contribution is 2.33. The summed E-state index contributed by atoms with van der Waals surface area (Å²) in [5.41, 5.74) is 0.271. The zero-order chi connectivity index (χ0) is 14.9. The number of hydrogen-bond acceptors (Lipinski definition) is 3. The van der Waals surface area contributed by atoms with E-state index >= 15 is 0 Å². The summed E-state index contributed by atoms with van der Waals surface area (Å²) >= 11 is 11.1. The molecule has 2 rings (SSSR count). The highest BCUT2D eigenvalue weighted by atomic mass is 79.9. The van der Waals surface area contributed by atoms with E-state index in [1.54, 1.807) is 18.2 Å². The summed E-state index contributed by atoms with van der Waals surface area (Å²) in [5.74, 6) is -1.47. The molecule has 1 aromatic carbocycles. The minimum Gasteiger partial charge on any atom is -0.478 e. The van der Waals surface area contributed by atoms with Crippen molar-refractivity contribution in [1.29, 1.82) is 0 Å². The molecule has 0 fully saturated rings. The van der Waals surface area contributed by atoms with Crippen molar-refractivity contribution in [3.63, 3.8) is 0 Å². The Morgan fingerprint density at radius 2 is 1.85 bits per heavy atom. The van der Waals surface area contributed by atoms with Crippen molar-refractivity contribution >= 4 is 76.7 Å². The second-order valence-corrected chi connectivity index (χ2v) is 7.73. The Hall–Kier alpha value is -0.700. The van der Waals surface area contributed by atoms with E-state index in [0.29, 0.717) is 9.35 Å². The fraction of sp³-hybridized carbons (Fsp3) is 0. The van der Waals surface area contributed by atoms with E-state index in [1.165, 1.54) is 17.4 Å². The molecule has 0 saturated heterocycles. The van der Waals surface area contributed by atoms with Gasteiger partial charge in [0.25, 0.3) is 5.91 Å². The average molecular weight is 484 g/mol. The summed E-state index contributed by atoms with van der Waals surface area (Å²) in [7, 11) is 0. The third-order valence-corrected chi connectivity index (χ3v) is 6.27. The molecule has 0 aliphatic rings. The predicted octanol–water partition coefficient (Wildman–Crippen LogP) is 4.99. The van der Waals surface area contributed by atoms with Gasteiger partial charge in [-0.1, -0.05) is 6.07 Å². The zero-order valence-corrected chi connectivity index (χ0v) is 15.2. The van der Waals surface area contributed by atoms with Gasteiger partial charge >= 0.3 is 5.97 Å². The molecule has 0 aliphatic heterocycles. The molecule has 1 aromatic heterocycles. The first-order valence-electron chi connectivity index (χ1n) is 5.18. The molecule has 0 unspecified atom stereocenters. The quantitative estimate of drug-likeness (QED) is 0.646. The van der Waals surface area contributed by atoms with Gasteiger partial charge in [0.15, 0.2) is 0 Å². The molecule has 1 heterocycles. The number of para-hydroxylation sites is 1. The number of carbonyl (C=O) groups excluding carboxylic acids is 1. The number of anilines is 1. The number of halogens is 3. The van der Waals surface area contributed by atoms with Crippen LogP contribution in [0.2, 0.25) is 0 Å². The molecule has 20 heavy (non-hydrogen) atoms. The third kappa shape index (κ3) is 3.30. The molecule has 1 amide bonds. The summed E-state index contributed by atoms with van der Waals surface area (Å²) < 4.78 is 2.09. The molecular weight excluding hydrogens is 478 g/mol. The van der Waals surface area contributed by atoms with Crippen LogP contribution in [-0.4, -0.2) is 17.0 Å². The highest BCUT2D eigenvalue weighted by molar-refractivity contribution is 9.13. The maximum atomic E-state index is 12.2. The molecule has 2 aromatic rings. The lowest BCUT2D eigenvalue weighted by Crippen LogP contribution is -2.14. The van der Waals surface area contributed by atoms with Crippen LogP contribution in [0.5, 0.6) is 0 Å². The van der Waals surface area contributed by atoms with Crippen molar-refractivity contribution in [2.24, 2.45) is 0 Å². The van der Waals surface area contributed by atoms with Gasteiger partial charge in [0, 0.05) is 8.95 Å². The van der Waals surface area contributed by atoms with Crippen molar-refractivity contribution in [2.45, 2.75) is 0 Å². The number of aromatic carboxylic acids is 1. The molecular formula is C12H6Br3NO3S. The molecule has 8 heteroatoms. The van der Waals surface area contributed by atoms with Crippen LogP contribution < -0.4 is 5.32 Å². The lowest BCUT2D eigenvalue weighted by molar-refractivity contribution is 0.0698. The van der Waals surface area contributed by atoms with E-state index in [-0.39, 0.29) is 17.2 Å². The summed E-state index contributed by atoms with van der Waals surface area (Å²) in [5, 5.41) is 11.8. The Labute approximate surface area is 143 Å². The first kappa shape index (κ1) is 15.7. The Balaban J connectivity index is 2.35.